The molecule has 12 aromatic carbocycles. The zero-order valence-corrected chi connectivity index (χ0v) is 45.7. The molecule has 0 spiro atoms. The highest BCUT2D eigenvalue weighted by atomic mass is 15.0. The first-order chi connectivity index (χ1) is 41.0. The second kappa shape index (κ2) is 19.4. The van der Waals surface area contributed by atoms with Crippen LogP contribution < -0.4 is 0 Å². The zero-order chi connectivity index (χ0) is 55.1. The van der Waals surface area contributed by atoms with E-state index in [1.54, 1.807) is 0 Å². The molecule has 4 heterocycles. The molecule has 0 N–H and O–H groups in total. The van der Waals surface area contributed by atoms with Crippen molar-refractivity contribution in [1.82, 2.24) is 28.7 Å². The fraction of sp³-hybridized carbons (Fsp3) is 0.0260. The minimum absolute atomic E-state index is 0.580. The van der Waals surface area contributed by atoms with Gasteiger partial charge in [0.25, 0.3) is 0 Å². The molecule has 0 radical (unpaired) electrons. The van der Waals surface area contributed by atoms with Crippen molar-refractivity contribution in [2.24, 2.45) is 0 Å². The van der Waals surface area contributed by atoms with Gasteiger partial charge in [0.2, 0.25) is 0 Å². The van der Waals surface area contributed by atoms with E-state index in [2.05, 4.69) is 270 Å². The Labute approximate surface area is 480 Å². The molecule has 0 amide bonds. The van der Waals surface area contributed by atoms with Crippen molar-refractivity contribution in [2.75, 3.05) is 0 Å². The number of nitrogens with zero attached hydrogens (tertiary/aromatic N) is 6. The summed E-state index contributed by atoms with van der Waals surface area (Å²) < 4.78 is 7.28. The predicted molar refractivity (Wildman–Crippen MR) is 345 cm³/mol. The standard InChI is InChI=1S/C77H52N6/c1-49-43-50(2)45-56(44-49)55-37-42-73-67(46-55)64-27-13-18-32-72(64)83(73)74-65(51-33-38-58(39-34-51)81-68-28-14-9-23-60(68)61-24-10-15-29-69(61)81)47-57(77-79-75(53-19-5-3-6-20-53)78-76(80-77)54-21-7-4-8-22-54)48-66(74)52-35-40-59(41-36-52)82-70-30-16-11-25-62(70)63-26-12-17-31-71(63)82/h3-48H,1-2H3. The van der Waals surface area contributed by atoms with Gasteiger partial charge in [0.15, 0.2) is 17.5 Å². The summed E-state index contributed by atoms with van der Waals surface area (Å²) >= 11 is 0. The van der Waals surface area contributed by atoms with Gasteiger partial charge in [-0.25, -0.2) is 15.0 Å². The van der Waals surface area contributed by atoms with E-state index in [1.165, 1.54) is 76.6 Å². The first-order valence-electron chi connectivity index (χ1n) is 28.3. The molecule has 16 rings (SSSR count). The molecule has 6 heteroatoms. The molecule has 6 nitrogen and oxygen atoms in total. The minimum atomic E-state index is 0.580. The third-order valence-electron chi connectivity index (χ3n) is 16.6. The van der Waals surface area contributed by atoms with Crippen LogP contribution in [0.3, 0.4) is 0 Å². The Morgan fingerprint density at radius 3 is 0.988 bits per heavy atom. The van der Waals surface area contributed by atoms with Crippen LogP contribution >= 0.6 is 0 Å². The maximum absolute atomic E-state index is 5.39. The number of benzene rings is 12. The van der Waals surface area contributed by atoms with Gasteiger partial charge >= 0.3 is 0 Å². The van der Waals surface area contributed by atoms with Gasteiger partial charge in [-0.1, -0.05) is 211 Å². The first-order valence-corrected chi connectivity index (χ1v) is 28.3. The van der Waals surface area contributed by atoms with Crippen LogP contribution in [0.15, 0.2) is 279 Å². The number of aromatic nitrogens is 6. The summed E-state index contributed by atoms with van der Waals surface area (Å²) in [6, 6.07) is 101. The molecule has 0 atom stereocenters. The maximum atomic E-state index is 5.39. The number of rotatable bonds is 9. The number of hydrogen-bond acceptors (Lipinski definition) is 3. The smallest absolute Gasteiger partial charge is 0.164 e. The van der Waals surface area contributed by atoms with Gasteiger partial charge in [-0.3, -0.25) is 0 Å². The number of hydrogen-bond donors (Lipinski definition) is 0. The molecule has 0 unspecified atom stereocenters. The van der Waals surface area contributed by atoms with Crippen LogP contribution in [0.5, 0.6) is 0 Å². The van der Waals surface area contributed by atoms with Crippen LogP contribution in [0.2, 0.25) is 0 Å². The molecule has 0 aliphatic heterocycles. The van der Waals surface area contributed by atoms with Crippen LogP contribution in [0.4, 0.5) is 0 Å². The quantitative estimate of drug-likeness (QED) is 0.145. The minimum Gasteiger partial charge on any atom is -0.309 e. The van der Waals surface area contributed by atoms with Crippen LogP contribution in [0.1, 0.15) is 11.1 Å². The van der Waals surface area contributed by atoms with E-state index in [-0.39, 0.29) is 0 Å². The normalized spacial score (nSPS) is 11.7. The summed E-state index contributed by atoms with van der Waals surface area (Å²) in [6.07, 6.45) is 0. The highest BCUT2D eigenvalue weighted by molar-refractivity contribution is 6.13. The third kappa shape index (κ3) is 8.06. The van der Waals surface area contributed by atoms with Gasteiger partial charge in [-0.15, -0.1) is 0 Å². The second-order valence-electron chi connectivity index (χ2n) is 21.8. The van der Waals surface area contributed by atoms with Crippen molar-refractivity contribution in [1.29, 1.82) is 0 Å². The SMILES string of the molecule is Cc1cc(C)cc(-c2ccc3c(c2)c2ccccc2n3-c2c(-c3ccc(-n4c5ccccc5c5ccccc54)cc3)cc(-c3nc(-c4ccccc4)nc(-c4ccccc4)n3)cc2-c2ccc(-n3c4ccccc4c4ccccc43)cc2)c1. The average Bonchev–Trinajstić information content (AvgIpc) is 3.29. The van der Waals surface area contributed by atoms with Gasteiger partial charge in [-0.2, -0.15) is 0 Å². The summed E-state index contributed by atoms with van der Waals surface area (Å²) in [5, 5.41) is 7.26. The van der Waals surface area contributed by atoms with Gasteiger partial charge in [0, 0.05) is 71.5 Å². The molecule has 0 fully saturated rings. The van der Waals surface area contributed by atoms with Crippen molar-refractivity contribution < 1.29 is 0 Å². The lowest BCUT2D eigenvalue weighted by atomic mass is 9.92. The Bertz CT molecular complexity index is 4840. The summed E-state index contributed by atoms with van der Waals surface area (Å²) in [6.45, 7) is 4.36. The van der Waals surface area contributed by atoms with E-state index >= 15 is 0 Å². The second-order valence-corrected chi connectivity index (χ2v) is 21.8. The fourth-order valence-electron chi connectivity index (χ4n) is 12.9. The highest BCUT2D eigenvalue weighted by Crippen LogP contribution is 2.46. The fourth-order valence-corrected chi connectivity index (χ4v) is 12.9. The lowest BCUT2D eigenvalue weighted by Crippen LogP contribution is -2.04. The van der Waals surface area contributed by atoms with Gasteiger partial charge in [0.05, 0.1) is 38.8 Å². The molecule has 0 bridgehead atoms. The molecule has 0 aliphatic carbocycles. The maximum Gasteiger partial charge on any atom is 0.164 e. The molecular weight excluding hydrogens is 1010 g/mol. The monoisotopic (exact) mass is 1060 g/mol. The molecule has 390 valence electrons. The largest absolute Gasteiger partial charge is 0.309 e. The van der Waals surface area contributed by atoms with Crippen LogP contribution in [-0.2, 0) is 0 Å². The Hall–Kier alpha value is -11.0. The number of aryl methyl sites for hydroxylation is 2. The molecule has 16 aromatic rings. The number of fused-ring (bicyclic) bond motifs is 9. The van der Waals surface area contributed by atoms with Gasteiger partial charge in [0.1, 0.15) is 0 Å². The van der Waals surface area contributed by atoms with Crippen molar-refractivity contribution in [3.63, 3.8) is 0 Å². The first kappa shape index (κ1) is 48.0. The van der Waals surface area contributed by atoms with E-state index in [4.69, 9.17) is 15.0 Å². The van der Waals surface area contributed by atoms with Crippen molar-refractivity contribution in [3.8, 4) is 84.6 Å². The van der Waals surface area contributed by atoms with Gasteiger partial charge < -0.3 is 13.7 Å². The van der Waals surface area contributed by atoms with Crippen LogP contribution in [0, 0.1) is 13.8 Å². The van der Waals surface area contributed by atoms with Crippen molar-refractivity contribution in [2.45, 2.75) is 13.8 Å². The van der Waals surface area contributed by atoms with Crippen molar-refractivity contribution >= 4 is 65.4 Å². The van der Waals surface area contributed by atoms with Crippen LogP contribution in [0.25, 0.3) is 150 Å². The van der Waals surface area contributed by atoms with E-state index in [0.717, 1.165) is 67.0 Å². The van der Waals surface area contributed by atoms with Gasteiger partial charge in [-0.05, 0) is 115 Å². The molecular formula is C77H52N6. The summed E-state index contributed by atoms with van der Waals surface area (Å²) in [5.74, 6) is 1.79. The Morgan fingerprint density at radius 2 is 0.566 bits per heavy atom. The highest BCUT2D eigenvalue weighted by Gasteiger charge is 2.25. The summed E-state index contributed by atoms with van der Waals surface area (Å²) in [4.78, 5) is 15.9. The third-order valence-corrected chi connectivity index (χ3v) is 16.6. The molecule has 0 aliphatic rings. The Balaban J connectivity index is 0.994. The lowest BCUT2D eigenvalue weighted by Gasteiger charge is -2.22. The van der Waals surface area contributed by atoms with E-state index in [0.29, 0.717) is 17.5 Å². The molecule has 0 saturated heterocycles. The summed E-state index contributed by atoms with van der Waals surface area (Å²) in [7, 11) is 0. The predicted octanol–water partition coefficient (Wildman–Crippen LogP) is 19.8. The van der Waals surface area contributed by atoms with Crippen LogP contribution in [-0.4, -0.2) is 28.7 Å². The van der Waals surface area contributed by atoms with E-state index in [1.807, 2.05) is 36.4 Å². The Kier molecular flexibility index (Phi) is 11.2. The topological polar surface area (TPSA) is 53.5 Å². The molecule has 4 aromatic heterocycles. The summed E-state index contributed by atoms with van der Waals surface area (Å²) in [5.41, 5.74) is 21.8. The molecule has 83 heavy (non-hydrogen) atoms. The average molecular weight is 1060 g/mol. The Morgan fingerprint density at radius 1 is 0.229 bits per heavy atom. The van der Waals surface area contributed by atoms with E-state index in [9.17, 15) is 0 Å². The van der Waals surface area contributed by atoms with E-state index < -0.39 is 0 Å². The lowest BCUT2D eigenvalue weighted by molar-refractivity contribution is 1.07. The van der Waals surface area contributed by atoms with Crippen molar-refractivity contribution in [3.05, 3.63) is 290 Å². The zero-order valence-electron chi connectivity index (χ0n) is 45.7. The number of para-hydroxylation sites is 5. The molecule has 0 saturated carbocycles.